The highest BCUT2D eigenvalue weighted by Crippen LogP contribution is 2.15. The number of benzene rings is 1. The van der Waals surface area contributed by atoms with Gasteiger partial charge in [0.15, 0.2) is 0 Å². The SMILES string of the molecule is Cc1ccc(S(=O)(=O)N(C)CC(O)CNC(CC(=O)O)C(=O)O)cc1. The number of nitrogens with one attached hydrogen (secondary N) is 1. The first kappa shape index (κ1) is 21.0. The van der Waals surface area contributed by atoms with Crippen LogP contribution >= 0.6 is 0 Å². The number of aliphatic hydroxyl groups is 1. The summed E-state index contributed by atoms with van der Waals surface area (Å²) in [5, 5.41) is 29.9. The normalized spacial score (nSPS) is 14.2. The maximum absolute atomic E-state index is 12.4. The standard InChI is InChI=1S/C15H22N2O7S/c1-10-3-5-12(6-4-10)25(23,24)17(2)9-11(18)8-16-13(15(21)22)7-14(19)20/h3-6,11,13,16,18H,7-9H2,1-2H3,(H,19,20)(H,21,22). The molecule has 4 N–H and O–H groups in total. The summed E-state index contributed by atoms with van der Waals surface area (Å²) in [5.74, 6) is -2.66. The molecule has 0 amide bonds. The molecule has 0 aromatic heterocycles. The van der Waals surface area contributed by atoms with Gasteiger partial charge in [0, 0.05) is 20.1 Å². The van der Waals surface area contributed by atoms with Crippen molar-refractivity contribution in [1.82, 2.24) is 9.62 Å². The van der Waals surface area contributed by atoms with Gasteiger partial charge in [-0.05, 0) is 19.1 Å². The zero-order chi connectivity index (χ0) is 19.2. The zero-order valence-electron chi connectivity index (χ0n) is 13.9. The molecular formula is C15H22N2O7S. The van der Waals surface area contributed by atoms with Crippen LogP contribution in [0.15, 0.2) is 29.2 Å². The van der Waals surface area contributed by atoms with Crippen LogP contribution in [-0.2, 0) is 19.6 Å². The predicted octanol–water partition coefficient (Wildman–Crippen LogP) is -0.506. The molecule has 10 heteroatoms. The maximum atomic E-state index is 12.4. The van der Waals surface area contributed by atoms with Gasteiger partial charge in [-0.2, -0.15) is 4.31 Å². The lowest BCUT2D eigenvalue weighted by molar-refractivity contribution is -0.146. The number of carbonyl (C=O) groups is 2. The topological polar surface area (TPSA) is 144 Å². The van der Waals surface area contributed by atoms with Crippen molar-refractivity contribution in [3.8, 4) is 0 Å². The van der Waals surface area contributed by atoms with Crippen molar-refractivity contribution in [2.24, 2.45) is 0 Å². The van der Waals surface area contributed by atoms with Crippen LogP contribution in [0.1, 0.15) is 12.0 Å². The smallest absolute Gasteiger partial charge is 0.321 e. The van der Waals surface area contributed by atoms with Crippen LogP contribution in [0.5, 0.6) is 0 Å². The number of nitrogens with zero attached hydrogens (tertiary/aromatic N) is 1. The Morgan fingerprint density at radius 1 is 1.20 bits per heavy atom. The van der Waals surface area contributed by atoms with Crippen LogP contribution in [0.3, 0.4) is 0 Å². The fraction of sp³-hybridized carbons (Fsp3) is 0.467. The molecule has 2 unspecified atom stereocenters. The first-order chi connectivity index (χ1) is 11.5. The number of sulfonamides is 1. The van der Waals surface area contributed by atoms with Crippen molar-refractivity contribution in [3.05, 3.63) is 29.8 Å². The molecule has 0 heterocycles. The van der Waals surface area contributed by atoms with E-state index >= 15 is 0 Å². The van der Waals surface area contributed by atoms with E-state index in [1.165, 1.54) is 19.2 Å². The van der Waals surface area contributed by atoms with Gasteiger partial charge in [0.2, 0.25) is 10.0 Å². The second kappa shape index (κ2) is 8.90. The van der Waals surface area contributed by atoms with Crippen molar-refractivity contribution < 1.29 is 33.3 Å². The lowest BCUT2D eigenvalue weighted by atomic mass is 10.2. The molecule has 0 spiro atoms. The molecule has 0 saturated heterocycles. The molecule has 1 rings (SSSR count). The first-order valence-corrected chi connectivity index (χ1v) is 8.87. The summed E-state index contributed by atoms with van der Waals surface area (Å²) in [7, 11) is -2.49. The minimum atomic E-state index is -3.79. The van der Waals surface area contributed by atoms with E-state index in [0.717, 1.165) is 9.87 Å². The molecule has 1 aromatic rings. The van der Waals surface area contributed by atoms with Crippen LogP contribution in [0.2, 0.25) is 0 Å². The van der Waals surface area contributed by atoms with Crippen molar-refractivity contribution in [2.45, 2.75) is 30.4 Å². The lowest BCUT2D eigenvalue weighted by Gasteiger charge is -2.22. The highest BCUT2D eigenvalue weighted by Gasteiger charge is 2.25. The number of rotatable bonds is 10. The average Bonchev–Trinajstić information content (AvgIpc) is 2.51. The van der Waals surface area contributed by atoms with Crippen LogP contribution < -0.4 is 5.32 Å². The molecule has 0 bridgehead atoms. The van der Waals surface area contributed by atoms with Gasteiger partial charge >= 0.3 is 11.9 Å². The molecule has 0 aliphatic carbocycles. The van der Waals surface area contributed by atoms with Gasteiger partial charge in [-0.25, -0.2) is 8.42 Å². The zero-order valence-corrected chi connectivity index (χ0v) is 14.7. The third kappa shape index (κ3) is 6.42. The summed E-state index contributed by atoms with van der Waals surface area (Å²) >= 11 is 0. The fourth-order valence-electron chi connectivity index (χ4n) is 2.05. The van der Waals surface area contributed by atoms with Gasteiger partial charge < -0.3 is 20.6 Å². The number of hydrogen-bond donors (Lipinski definition) is 4. The molecule has 1 aromatic carbocycles. The molecule has 2 atom stereocenters. The van der Waals surface area contributed by atoms with E-state index in [1.54, 1.807) is 12.1 Å². The Kier molecular flexibility index (Phi) is 7.49. The third-order valence-corrected chi connectivity index (χ3v) is 5.31. The van der Waals surface area contributed by atoms with Crippen molar-refractivity contribution in [3.63, 3.8) is 0 Å². The fourth-order valence-corrected chi connectivity index (χ4v) is 3.26. The Morgan fingerprint density at radius 3 is 2.24 bits per heavy atom. The van der Waals surface area contributed by atoms with E-state index < -0.39 is 40.5 Å². The van der Waals surface area contributed by atoms with E-state index in [4.69, 9.17) is 10.2 Å². The molecule has 0 fully saturated rings. The van der Waals surface area contributed by atoms with Crippen LogP contribution in [0.25, 0.3) is 0 Å². The van der Waals surface area contributed by atoms with E-state index in [2.05, 4.69) is 5.32 Å². The summed E-state index contributed by atoms with van der Waals surface area (Å²) in [6.07, 6.45) is -1.86. The molecule has 0 aliphatic rings. The summed E-state index contributed by atoms with van der Waals surface area (Å²) in [6, 6.07) is 4.86. The monoisotopic (exact) mass is 374 g/mol. The van der Waals surface area contributed by atoms with Crippen molar-refractivity contribution in [1.29, 1.82) is 0 Å². The molecule has 9 nitrogen and oxygen atoms in total. The second-order valence-corrected chi connectivity index (χ2v) is 7.69. The molecule has 25 heavy (non-hydrogen) atoms. The number of aryl methyl sites for hydroxylation is 1. The third-order valence-electron chi connectivity index (χ3n) is 3.47. The summed E-state index contributed by atoms with van der Waals surface area (Å²) in [4.78, 5) is 21.6. The Labute approximate surface area is 145 Å². The number of carboxylic acid groups (broad SMARTS) is 2. The summed E-state index contributed by atoms with van der Waals surface area (Å²) in [6.45, 7) is 1.28. The van der Waals surface area contributed by atoms with Gasteiger partial charge in [-0.15, -0.1) is 0 Å². The van der Waals surface area contributed by atoms with Gasteiger partial charge in [-0.1, -0.05) is 17.7 Å². The minimum absolute atomic E-state index is 0.0787. The second-order valence-electron chi connectivity index (χ2n) is 5.65. The van der Waals surface area contributed by atoms with Gasteiger partial charge in [0.05, 0.1) is 17.4 Å². The number of carboxylic acids is 2. The van der Waals surface area contributed by atoms with Gasteiger partial charge in [-0.3, -0.25) is 9.59 Å². The predicted molar refractivity (Wildman–Crippen MR) is 88.7 cm³/mol. The summed E-state index contributed by atoms with van der Waals surface area (Å²) < 4.78 is 25.7. The number of aliphatic hydroxyl groups excluding tert-OH is 1. The lowest BCUT2D eigenvalue weighted by Crippen LogP contribution is -2.45. The van der Waals surface area contributed by atoms with E-state index in [9.17, 15) is 23.1 Å². The molecule has 0 radical (unpaired) electrons. The van der Waals surface area contributed by atoms with Crippen molar-refractivity contribution in [2.75, 3.05) is 20.1 Å². The van der Waals surface area contributed by atoms with E-state index in [1.807, 2.05) is 6.92 Å². The van der Waals surface area contributed by atoms with Crippen LogP contribution in [0, 0.1) is 6.92 Å². The largest absolute Gasteiger partial charge is 0.481 e. The molecule has 140 valence electrons. The Balaban J connectivity index is 2.66. The molecule has 0 aliphatic heterocycles. The number of hydrogen-bond acceptors (Lipinski definition) is 6. The quantitative estimate of drug-likeness (QED) is 0.429. The average molecular weight is 374 g/mol. The highest BCUT2D eigenvalue weighted by atomic mass is 32.2. The summed E-state index contributed by atoms with van der Waals surface area (Å²) in [5.41, 5.74) is 0.906. The molecular weight excluding hydrogens is 352 g/mol. The Morgan fingerprint density at radius 2 is 1.76 bits per heavy atom. The van der Waals surface area contributed by atoms with Crippen LogP contribution in [-0.4, -0.2) is 72.3 Å². The minimum Gasteiger partial charge on any atom is -0.481 e. The van der Waals surface area contributed by atoms with Crippen LogP contribution in [0.4, 0.5) is 0 Å². The Bertz CT molecular complexity index is 703. The van der Waals surface area contributed by atoms with Crippen molar-refractivity contribution >= 4 is 22.0 Å². The maximum Gasteiger partial charge on any atom is 0.321 e. The van der Waals surface area contributed by atoms with E-state index in [0.29, 0.717) is 0 Å². The highest BCUT2D eigenvalue weighted by molar-refractivity contribution is 7.89. The van der Waals surface area contributed by atoms with Gasteiger partial charge in [0.25, 0.3) is 0 Å². The van der Waals surface area contributed by atoms with E-state index in [-0.39, 0.29) is 18.0 Å². The Hall–Kier alpha value is -2.01. The number of likely N-dealkylation sites (N-methyl/N-ethyl adjacent to an activating group) is 1. The number of aliphatic carboxylic acids is 2. The van der Waals surface area contributed by atoms with Gasteiger partial charge in [0.1, 0.15) is 6.04 Å². The molecule has 0 saturated carbocycles. The first-order valence-electron chi connectivity index (χ1n) is 7.43.